The maximum Gasteiger partial charge on any atom is 0.254 e. The highest BCUT2D eigenvalue weighted by Gasteiger charge is 2.31. The van der Waals surface area contributed by atoms with Crippen LogP contribution in [0.25, 0.3) is 22.3 Å². The topological polar surface area (TPSA) is 204 Å². The van der Waals surface area contributed by atoms with E-state index in [9.17, 15) is 35.2 Å². The molecular weight excluding hydrogens is 835 g/mol. The molecule has 2 amide bonds. The van der Waals surface area contributed by atoms with Crippen LogP contribution in [-0.4, -0.2) is 61.6 Å². The molecule has 2 aromatic heterocycles. The van der Waals surface area contributed by atoms with Gasteiger partial charge in [-0.2, -0.15) is 0 Å². The fourth-order valence-electron chi connectivity index (χ4n) is 7.49. The van der Waals surface area contributed by atoms with E-state index in [1.807, 2.05) is 60.7 Å². The molecule has 62 heavy (non-hydrogen) atoms. The Kier molecular flexibility index (Phi) is 13.1. The molecule has 0 bridgehead atoms. The zero-order valence-electron chi connectivity index (χ0n) is 33.4. The molecule has 0 radical (unpaired) electrons. The molecule has 6 aromatic rings. The lowest BCUT2D eigenvalue weighted by molar-refractivity contribution is 0.0938. The van der Waals surface area contributed by atoms with Gasteiger partial charge >= 0.3 is 0 Å². The monoisotopic (exact) mass is 878 g/mol. The molecule has 2 aliphatic heterocycles. The number of carbonyl (C=O) groups excluding carboxylic acids is 2. The Labute approximate surface area is 358 Å². The van der Waals surface area contributed by atoms with Crippen molar-refractivity contribution in [3.8, 4) is 22.3 Å². The normalized spacial score (nSPS) is 17.4. The third-order valence-corrected chi connectivity index (χ3v) is 14.5. The van der Waals surface area contributed by atoms with Crippen LogP contribution in [0.15, 0.2) is 122 Å². The molecule has 8 rings (SSSR count). The first-order valence-corrected chi connectivity index (χ1v) is 23.4. The van der Waals surface area contributed by atoms with Crippen LogP contribution in [0.5, 0.6) is 0 Å². The van der Waals surface area contributed by atoms with Gasteiger partial charge in [0.15, 0.2) is 19.7 Å². The van der Waals surface area contributed by atoms with Gasteiger partial charge in [0.2, 0.25) is 0 Å². The average Bonchev–Trinajstić information content (AvgIpc) is 3.83. The number of sulfone groups is 2. The zero-order chi connectivity index (χ0) is 44.0. The fourth-order valence-corrected chi connectivity index (χ4v) is 11.1. The second-order valence-corrected chi connectivity index (χ2v) is 19.8. The van der Waals surface area contributed by atoms with E-state index in [0.29, 0.717) is 48.2 Å². The van der Waals surface area contributed by atoms with Crippen molar-refractivity contribution < 1.29 is 35.2 Å². The van der Waals surface area contributed by atoms with E-state index in [1.54, 1.807) is 36.7 Å². The predicted molar refractivity (Wildman–Crippen MR) is 235 cm³/mol. The molecule has 4 heterocycles. The van der Waals surface area contributed by atoms with Crippen molar-refractivity contribution in [2.45, 2.75) is 37.8 Å². The highest BCUT2D eigenvalue weighted by Crippen LogP contribution is 2.35. The van der Waals surface area contributed by atoms with E-state index >= 15 is 0 Å². The molecule has 0 spiro atoms. The van der Waals surface area contributed by atoms with Crippen LogP contribution >= 0.6 is 0 Å². The summed E-state index contributed by atoms with van der Waals surface area (Å²) in [5.41, 5.74) is 17.2. The molecule has 0 aliphatic carbocycles. The number of nitrogens with two attached hydrogens (primary N) is 2. The first-order valence-electron chi connectivity index (χ1n) is 19.8. The molecule has 2 aliphatic rings. The number of carbonyl (C=O) groups is 2. The third-order valence-electron chi connectivity index (χ3n) is 10.9. The standard InChI is InChI=1S/2C23H22FN3O3S/c2*24-21-11-16(6-7-19(21)23(28)27-12-15-4-2-1-3-5-15)20-10-18(13-26-22(20)25)17-8-9-31(29,30)14-17/h2*1-7,10-11,13,17H,8-9,12,14H2,(H2,25,26)(H,27,28)/t2*17-/m10/s1. The summed E-state index contributed by atoms with van der Waals surface area (Å²) in [5, 5.41) is 5.42. The number of amides is 2. The summed E-state index contributed by atoms with van der Waals surface area (Å²) in [7, 11) is -6.08. The Bertz CT molecular complexity index is 2650. The van der Waals surface area contributed by atoms with Gasteiger partial charge in [0.1, 0.15) is 23.3 Å². The largest absolute Gasteiger partial charge is 0.383 e. The minimum Gasteiger partial charge on any atom is -0.383 e. The van der Waals surface area contributed by atoms with Gasteiger partial charge in [0, 0.05) is 48.4 Å². The van der Waals surface area contributed by atoms with E-state index in [-0.39, 0.29) is 57.6 Å². The Balaban J connectivity index is 0.000000186. The molecule has 0 unspecified atom stereocenters. The maximum atomic E-state index is 14.7. The minimum absolute atomic E-state index is 0.0655. The second-order valence-electron chi connectivity index (χ2n) is 15.3. The number of hydrogen-bond donors (Lipinski definition) is 4. The van der Waals surface area contributed by atoms with Crippen molar-refractivity contribution in [1.82, 2.24) is 20.6 Å². The number of aromatic nitrogens is 2. The Hall–Kier alpha value is -6.52. The van der Waals surface area contributed by atoms with Crippen molar-refractivity contribution in [2.75, 3.05) is 34.5 Å². The summed E-state index contributed by atoms with van der Waals surface area (Å²) in [6.07, 6.45) is 4.21. The lowest BCUT2D eigenvalue weighted by Crippen LogP contribution is -2.23. The van der Waals surface area contributed by atoms with Crippen molar-refractivity contribution >= 4 is 43.1 Å². The van der Waals surface area contributed by atoms with E-state index in [4.69, 9.17) is 11.5 Å². The number of benzene rings is 4. The van der Waals surface area contributed by atoms with Crippen LogP contribution in [0.3, 0.4) is 0 Å². The molecule has 4 aromatic carbocycles. The summed E-state index contributed by atoms with van der Waals surface area (Å²) in [6.45, 7) is 0.591. The number of pyridine rings is 2. The van der Waals surface area contributed by atoms with Gasteiger partial charge in [-0.3, -0.25) is 9.59 Å². The molecule has 6 N–H and O–H groups in total. The smallest absolute Gasteiger partial charge is 0.254 e. The fraction of sp³-hybridized carbons (Fsp3) is 0.217. The quantitative estimate of drug-likeness (QED) is 0.116. The van der Waals surface area contributed by atoms with Crippen molar-refractivity contribution in [3.63, 3.8) is 0 Å². The maximum absolute atomic E-state index is 14.7. The molecule has 320 valence electrons. The van der Waals surface area contributed by atoms with Gasteiger partial charge < -0.3 is 22.1 Å². The van der Waals surface area contributed by atoms with Crippen LogP contribution in [0.1, 0.15) is 67.6 Å². The Morgan fingerprint density at radius 3 is 1.31 bits per heavy atom. The lowest BCUT2D eigenvalue weighted by atomic mass is 9.96. The molecule has 0 saturated carbocycles. The number of rotatable bonds is 10. The second kappa shape index (κ2) is 18.6. The van der Waals surface area contributed by atoms with Crippen molar-refractivity contribution in [3.05, 3.63) is 167 Å². The first kappa shape index (κ1) is 43.6. The molecule has 16 heteroatoms. The highest BCUT2D eigenvalue weighted by molar-refractivity contribution is 7.91. The van der Waals surface area contributed by atoms with Gasteiger partial charge in [0.05, 0.1) is 34.1 Å². The van der Waals surface area contributed by atoms with Gasteiger partial charge in [-0.05, 0) is 82.6 Å². The van der Waals surface area contributed by atoms with Crippen LogP contribution in [0.2, 0.25) is 0 Å². The molecular formula is C46H44F2N6O6S2. The number of nitrogen functional groups attached to an aromatic ring is 2. The Morgan fingerprint density at radius 1 is 0.581 bits per heavy atom. The van der Waals surface area contributed by atoms with E-state index < -0.39 is 43.1 Å². The van der Waals surface area contributed by atoms with Gasteiger partial charge in [-0.15, -0.1) is 0 Å². The summed E-state index contributed by atoms with van der Waals surface area (Å²) < 4.78 is 76.7. The van der Waals surface area contributed by atoms with Gasteiger partial charge in [-0.1, -0.05) is 72.8 Å². The van der Waals surface area contributed by atoms with Crippen LogP contribution < -0.4 is 22.1 Å². The van der Waals surface area contributed by atoms with Gasteiger partial charge in [0.25, 0.3) is 11.8 Å². The number of nitrogens with one attached hydrogen (secondary N) is 2. The predicted octanol–water partition coefficient (Wildman–Crippen LogP) is 6.60. The van der Waals surface area contributed by atoms with E-state index in [2.05, 4.69) is 20.6 Å². The van der Waals surface area contributed by atoms with Crippen molar-refractivity contribution in [1.29, 1.82) is 0 Å². The first-order chi connectivity index (χ1) is 29.6. The SMILES string of the molecule is Nc1ncc([C@@H]2CCS(=O)(=O)C2)cc1-c1ccc(C(=O)NCc2ccccc2)c(F)c1.Nc1ncc([C@H]2CCS(=O)(=O)C2)cc1-c1ccc(C(=O)NCc2ccccc2)c(F)c1. The minimum atomic E-state index is -3.04. The number of halogens is 2. The van der Waals surface area contributed by atoms with Crippen LogP contribution in [-0.2, 0) is 32.8 Å². The van der Waals surface area contributed by atoms with E-state index in [1.165, 1.54) is 24.3 Å². The summed E-state index contributed by atoms with van der Waals surface area (Å²) in [6, 6.07) is 30.8. The summed E-state index contributed by atoms with van der Waals surface area (Å²) >= 11 is 0. The Morgan fingerprint density at radius 2 is 0.968 bits per heavy atom. The molecule has 2 atom stereocenters. The van der Waals surface area contributed by atoms with Crippen LogP contribution in [0, 0.1) is 11.6 Å². The third kappa shape index (κ3) is 10.7. The molecule has 12 nitrogen and oxygen atoms in total. The molecule has 2 fully saturated rings. The molecule has 2 saturated heterocycles. The highest BCUT2D eigenvalue weighted by atomic mass is 32.2. The number of nitrogens with zero attached hydrogens (tertiary/aromatic N) is 2. The number of anilines is 2. The number of hydrogen-bond acceptors (Lipinski definition) is 10. The summed E-state index contributed by atoms with van der Waals surface area (Å²) in [5.74, 6) is -1.78. The van der Waals surface area contributed by atoms with Crippen LogP contribution in [0.4, 0.5) is 20.4 Å². The lowest BCUT2D eigenvalue weighted by Gasteiger charge is -2.13. The average molecular weight is 879 g/mol. The van der Waals surface area contributed by atoms with Gasteiger partial charge in [-0.25, -0.2) is 35.6 Å². The summed E-state index contributed by atoms with van der Waals surface area (Å²) in [4.78, 5) is 33.2. The van der Waals surface area contributed by atoms with Crippen molar-refractivity contribution in [2.24, 2.45) is 0 Å². The van der Waals surface area contributed by atoms with E-state index in [0.717, 1.165) is 22.3 Å². The zero-order valence-corrected chi connectivity index (χ0v) is 35.1.